The van der Waals surface area contributed by atoms with E-state index in [1.807, 2.05) is 0 Å². The van der Waals surface area contributed by atoms with Gasteiger partial charge in [-0.3, -0.25) is 4.79 Å². The highest BCUT2D eigenvalue weighted by molar-refractivity contribution is 5.75. The van der Waals surface area contributed by atoms with E-state index in [9.17, 15) is 4.79 Å². The van der Waals surface area contributed by atoms with E-state index in [1.54, 1.807) is 0 Å². The SMILES string of the molecule is CCCCNC(=O)CCCCCN1CCCCC1. The van der Waals surface area contributed by atoms with Gasteiger partial charge in [0.2, 0.25) is 5.91 Å². The Labute approximate surface area is 112 Å². The number of carbonyl (C=O) groups is 1. The van der Waals surface area contributed by atoms with Crippen LogP contribution in [0.25, 0.3) is 0 Å². The highest BCUT2D eigenvalue weighted by atomic mass is 16.1. The van der Waals surface area contributed by atoms with E-state index < -0.39 is 0 Å². The maximum Gasteiger partial charge on any atom is 0.219 e. The van der Waals surface area contributed by atoms with Gasteiger partial charge < -0.3 is 10.2 Å². The van der Waals surface area contributed by atoms with Crippen LogP contribution in [0.4, 0.5) is 0 Å². The molecule has 1 rings (SSSR count). The van der Waals surface area contributed by atoms with Crippen LogP contribution in [0, 0.1) is 0 Å². The number of carbonyl (C=O) groups excluding carboxylic acids is 1. The van der Waals surface area contributed by atoms with Crippen LogP contribution in [0.1, 0.15) is 64.7 Å². The number of rotatable bonds is 9. The van der Waals surface area contributed by atoms with Gasteiger partial charge in [-0.2, -0.15) is 0 Å². The van der Waals surface area contributed by atoms with Crippen LogP contribution in [0.3, 0.4) is 0 Å². The van der Waals surface area contributed by atoms with Gasteiger partial charge in [-0.15, -0.1) is 0 Å². The molecule has 1 aliphatic heterocycles. The fraction of sp³-hybridized carbons (Fsp3) is 0.933. The zero-order valence-electron chi connectivity index (χ0n) is 12.0. The molecule has 18 heavy (non-hydrogen) atoms. The molecule has 1 heterocycles. The van der Waals surface area contributed by atoms with Gasteiger partial charge in [0.1, 0.15) is 0 Å². The maximum atomic E-state index is 11.5. The second-order valence-electron chi connectivity index (χ2n) is 5.42. The highest BCUT2D eigenvalue weighted by Gasteiger charge is 2.08. The molecular formula is C15H30N2O. The maximum absolute atomic E-state index is 11.5. The summed E-state index contributed by atoms with van der Waals surface area (Å²) in [5, 5.41) is 2.97. The molecule has 0 aromatic heterocycles. The van der Waals surface area contributed by atoms with Crippen molar-refractivity contribution in [3.8, 4) is 0 Å². The summed E-state index contributed by atoms with van der Waals surface area (Å²) in [4.78, 5) is 14.0. The molecule has 106 valence electrons. The molecule has 1 amide bonds. The van der Waals surface area contributed by atoms with E-state index in [0.29, 0.717) is 6.42 Å². The lowest BCUT2D eigenvalue weighted by atomic mass is 10.1. The first-order valence-corrected chi connectivity index (χ1v) is 7.82. The van der Waals surface area contributed by atoms with Gasteiger partial charge in [-0.05, 0) is 51.7 Å². The molecule has 0 atom stereocenters. The quantitative estimate of drug-likeness (QED) is 0.642. The number of amides is 1. The molecule has 0 bridgehead atoms. The number of hydrogen-bond donors (Lipinski definition) is 1. The van der Waals surface area contributed by atoms with Crippen LogP contribution in [-0.2, 0) is 4.79 Å². The normalized spacial score (nSPS) is 16.7. The molecule has 0 aromatic carbocycles. The fourth-order valence-electron chi connectivity index (χ4n) is 2.47. The Hall–Kier alpha value is -0.570. The highest BCUT2D eigenvalue weighted by Crippen LogP contribution is 2.10. The van der Waals surface area contributed by atoms with Crippen molar-refractivity contribution in [3.63, 3.8) is 0 Å². The summed E-state index contributed by atoms with van der Waals surface area (Å²) in [6, 6.07) is 0. The largest absolute Gasteiger partial charge is 0.356 e. The standard InChI is InChI=1S/C15H30N2O/c1-2-3-11-16-15(18)10-6-4-7-12-17-13-8-5-9-14-17/h2-14H2,1H3,(H,16,18). The molecule has 0 radical (unpaired) electrons. The van der Waals surface area contributed by atoms with Gasteiger partial charge in [0, 0.05) is 13.0 Å². The Kier molecular flexibility index (Phi) is 8.92. The van der Waals surface area contributed by atoms with Crippen LogP contribution in [0.5, 0.6) is 0 Å². The van der Waals surface area contributed by atoms with Crippen molar-refractivity contribution in [2.24, 2.45) is 0 Å². The Balaban J connectivity index is 1.86. The molecular weight excluding hydrogens is 224 g/mol. The molecule has 1 N–H and O–H groups in total. The van der Waals surface area contributed by atoms with E-state index >= 15 is 0 Å². The van der Waals surface area contributed by atoms with Gasteiger partial charge in [-0.1, -0.05) is 26.2 Å². The lowest BCUT2D eigenvalue weighted by Crippen LogP contribution is -2.30. The second-order valence-corrected chi connectivity index (χ2v) is 5.42. The first-order chi connectivity index (χ1) is 8.83. The number of nitrogens with one attached hydrogen (secondary N) is 1. The minimum Gasteiger partial charge on any atom is -0.356 e. The summed E-state index contributed by atoms with van der Waals surface area (Å²) in [6.07, 6.45) is 10.6. The summed E-state index contributed by atoms with van der Waals surface area (Å²) in [6.45, 7) is 6.81. The summed E-state index contributed by atoms with van der Waals surface area (Å²) >= 11 is 0. The third-order valence-electron chi connectivity index (χ3n) is 3.68. The molecule has 1 saturated heterocycles. The monoisotopic (exact) mass is 254 g/mol. The van der Waals surface area contributed by atoms with E-state index in [0.717, 1.165) is 25.8 Å². The third kappa shape index (κ3) is 7.70. The molecule has 0 spiro atoms. The average molecular weight is 254 g/mol. The molecule has 0 saturated carbocycles. The zero-order valence-corrected chi connectivity index (χ0v) is 12.0. The molecule has 1 fully saturated rings. The van der Waals surface area contributed by atoms with Gasteiger partial charge in [0.25, 0.3) is 0 Å². The van der Waals surface area contributed by atoms with E-state index in [-0.39, 0.29) is 5.91 Å². The summed E-state index contributed by atoms with van der Waals surface area (Å²) in [7, 11) is 0. The molecule has 3 heteroatoms. The van der Waals surface area contributed by atoms with Crippen LogP contribution in [-0.4, -0.2) is 37.0 Å². The lowest BCUT2D eigenvalue weighted by Gasteiger charge is -2.26. The van der Waals surface area contributed by atoms with E-state index in [1.165, 1.54) is 51.7 Å². The topological polar surface area (TPSA) is 32.3 Å². The minimum atomic E-state index is 0.237. The molecule has 0 aliphatic carbocycles. The Morgan fingerprint density at radius 3 is 2.56 bits per heavy atom. The average Bonchev–Trinajstić information content (AvgIpc) is 2.40. The predicted octanol–water partition coefficient (Wildman–Crippen LogP) is 2.95. The zero-order chi connectivity index (χ0) is 13.1. The van der Waals surface area contributed by atoms with Crippen LogP contribution >= 0.6 is 0 Å². The van der Waals surface area contributed by atoms with Gasteiger partial charge in [0.15, 0.2) is 0 Å². The van der Waals surface area contributed by atoms with Gasteiger partial charge in [-0.25, -0.2) is 0 Å². The van der Waals surface area contributed by atoms with Crippen molar-refractivity contribution >= 4 is 5.91 Å². The Morgan fingerprint density at radius 1 is 1.06 bits per heavy atom. The minimum absolute atomic E-state index is 0.237. The van der Waals surface area contributed by atoms with Crippen molar-refractivity contribution in [2.45, 2.75) is 64.7 Å². The predicted molar refractivity (Wildman–Crippen MR) is 76.7 cm³/mol. The molecule has 1 aliphatic rings. The fourth-order valence-corrected chi connectivity index (χ4v) is 2.47. The van der Waals surface area contributed by atoms with Crippen LogP contribution in [0.15, 0.2) is 0 Å². The molecule has 0 unspecified atom stereocenters. The summed E-state index contributed by atoms with van der Waals surface area (Å²) in [5.74, 6) is 0.237. The van der Waals surface area contributed by atoms with Crippen molar-refractivity contribution in [1.29, 1.82) is 0 Å². The third-order valence-corrected chi connectivity index (χ3v) is 3.68. The van der Waals surface area contributed by atoms with Crippen molar-refractivity contribution in [3.05, 3.63) is 0 Å². The Bertz CT molecular complexity index is 213. The molecule has 3 nitrogen and oxygen atoms in total. The number of unbranched alkanes of at least 4 members (excludes halogenated alkanes) is 3. The smallest absolute Gasteiger partial charge is 0.219 e. The van der Waals surface area contributed by atoms with E-state index in [2.05, 4.69) is 17.1 Å². The lowest BCUT2D eigenvalue weighted by molar-refractivity contribution is -0.121. The Morgan fingerprint density at radius 2 is 1.83 bits per heavy atom. The summed E-state index contributed by atoms with van der Waals surface area (Å²) < 4.78 is 0. The number of nitrogens with zero attached hydrogens (tertiary/aromatic N) is 1. The van der Waals surface area contributed by atoms with Crippen LogP contribution < -0.4 is 5.32 Å². The first kappa shape index (κ1) is 15.5. The van der Waals surface area contributed by atoms with Crippen molar-refractivity contribution in [1.82, 2.24) is 10.2 Å². The van der Waals surface area contributed by atoms with Crippen LogP contribution in [0.2, 0.25) is 0 Å². The van der Waals surface area contributed by atoms with E-state index in [4.69, 9.17) is 0 Å². The van der Waals surface area contributed by atoms with Gasteiger partial charge >= 0.3 is 0 Å². The number of likely N-dealkylation sites (tertiary alicyclic amines) is 1. The molecule has 0 aromatic rings. The summed E-state index contributed by atoms with van der Waals surface area (Å²) in [5.41, 5.74) is 0. The van der Waals surface area contributed by atoms with Crippen molar-refractivity contribution < 1.29 is 4.79 Å². The van der Waals surface area contributed by atoms with Gasteiger partial charge in [0.05, 0.1) is 0 Å². The first-order valence-electron chi connectivity index (χ1n) is 7.82. The second kappa shape index (κ2) is 10.4. The number of piperidine rings is 1. The number of hydrogen-bond acceptors (Lipinski definition) is 2. The van der Waals surface area contributed by atoms with Crippen molar-refractivity contribution in [2.75, 3.05) is 26.2 Å².